The Bertz CT molecular complexity index is 598. The van der Waals surface area contributed by atoms with Gasteiger partial charge in [-0.05, 0) is 37.6 Å². The fourth-order valence-electron chi connectivity index (χ4n) is 2.44. The highest BCUT2D eigenvalue weighted by molar-refractivity contribution is 6.18. The van der Waals surface area contributed by atoms with Crippen molar-refractivity contribution in [3.05, 3.63) is 65.2 Å². The molecule has 0 N–H and O–H groups in total. The number of carbonyl (C=O) groups is 1. The molecule has 0 radical (unpaired) electrons. The standard InChI is InChI=1S/C19H22ClNO/c1-3-13-21(14-12-20)18-10-8-17(9-11-18)19(22)16-6-4-15(2)5-7-16/h4-11H,3,12-14H2,1-2H3. The summed E-state index contributed by atoms with van der Waals surface area (Å²) < 4.78 is 0. The minimum absolute atomic E-state index is 0.0611. The Morgan fingerprint density at radius 3 is 2.00 bits per heavy atom. The number of hydrogen-bond donors (Lipinski definition) is 0. The topological polar surface area (TPSA) is 20.3 Å². The van der Waals surface area contributed by atoms with E-state index in [1.807, 2.05) is 55.5 Å². The number of hydrogen-bond acceptors (Lipinski definition) is 2. The van der Waals surface area contributed by atoms with E-state index in [0.717, 1.165) is 41.9 Å². The van der Waals surface area contributed by atoms with Gasteiger partial charge in [-0.3, -0.25) is 4.79 Å². The molecule has 0 fully saturated rings. The monoisotopic (exact) mass is 315 g/mol. The zero-order valence-corrected chi connectivity index (χ0v) is 13.9. The van der Waals surface area contributed by atoms with E-state index in [2.05, 4.69) is 11.8 Å². The van der Waals surface area contributed by atoms with Crippen molar-refractivity contribution in [2.75, 3.05) is 23.9 Å². The van der Waals surface area contributed by atoms with Gasteiger partial charge in [0.05, 0.1) is 0 Å². The average molecular weight is 316 g/mol. The van der Waals surface area contributed by atoms with Gasteiger partial charge in [0, 0.05) is 35.8 Å². The van der Waals surface area contributed by atoms with Crippen LogP contribution in [0.5, 0.6) is 0 Å². The molecule has 0 aliphatic carbocycles. The summed E-state index contributed by atoms with van der Waals surface area (Å²) in [5.74, 6) is 0.662. The van der Waals surface area contributed by atoms with Gasteiger partial charge in [0.2, 0.25) is 0 Å². The van der Waals surface area contributed by atoms with E-state index in [9.17, 15) is 4.79 Å². The van der Waals surface area contributed by atoms with E-state index in [-0.39, 0.29) is 5.78 Å². The molecule has 0 spiro atoms. The van der Waals surface area contributed by atoms with Gasteiger partial charge < -0.3 is 4.90 Å². The van der Waals surface area contributed by atoms with Gasteiger partial charge in [-0.2, -0.15) is 0 Å². The summed E-state index contributed by atoms with van der Waals surface area (Å²) in [5, 5.41) is 0. The van der Waals surface area contributed by atoms with Crippen molar-refractivity contribution in [2.24, 2.45) is 0 Å². The first-order chi connectivity index (χ1) is 10.7. The number of ketones is 1. The minimum Gasteiger partial charge on any atom is -0.370 e. The Morgan fingerprint density at radius 1 is 0.955 bits per heavy atom. The van der Waals surface area contributed by atoms with Crippen molar-refractivity contribution < 1.29 is 4.79 Å². The lowest BCUT2D eigenvalue weighted by Crippen LogP contribution is -2.26. The van der Waals surface area contributed by atoms with Crippen LogP contribution in [-0.4, -0.2) is 24.8 Å². The second-order valence-electron chi connectivity index (χ2n) is 5.42. The molecule has 0 unspecified atom stereocenters. The molecule has 0 aliphatic heterocycles. The molecule has 2 rings (SSSR count). The lowest BCUT2D eigenvalue weighted by Gasteiger charge is -2.23. The Morgan fingerprint density at radius 2 is 1.50 bits per heavy atom. The van der Waals surface area contributed by atoms with Crippen molar-refractivity contribution >= 4 is 23.1 Å². The van der Waals surface area contributed by atoms with E-state index >= 15 is 0 Å². The lowest BCUT2D eigenvalue weighted by molar-refractivity contribution is 0.103. The van der Waals surface area contributed by atoms with Crippen molar-refractivity contribution in [3.8, 4) is 0 Å². The molecular formula is C19H22ClNO. The Kier molecular flexibility index (Phi) is 6.02. The molecule has 2 aromatic rings. The SMILES string of the molecule is CCCN(CCCl)c1ccc(C(=O)c2ccc(C)cc2)cc1. The van der Waals surface area contributed by atoms with E-state index in [0.29, 0.717) is 5.88 Å². The number of anilines is 1. The number of halogens is 1. The van der Waals surface area contributed by atoms with Crippen LogP contribution in [0.1, 0.15) is 34.8 Å². The Balaban J connectivity index is 2.17. The minimum atomic E-state index is 0.0611. The number of carbonyl (C=O) groups excluding carboxylic acids is 1. The molecular weight excluding hydrogens is 294 g/mol. The molecule has 0 aliphatic rings. The second-order valence-corrected chi connectivity index (χ2v) is 5.80. The van der Waals surface area contributed by atoms with Crippen LogP contribution < -0.4 is 4.90 Å². The van der Waals surface area contributed by atoms with Gasteiger partial charge in [0.25, 0.3) is 0 Å². The van der Waals surface area contributed by atoms with Crippen LogP contribution in [0, 0.1) is 6.92 Å². The third-order valence-electron chi connectivity index (χ3n) is 3.66. The number of benzene rings is 2. The summed E-state index contributed by atoms with van der Waals surface area (Å²) in [6.07, 6.45) is 1.07. The van der Waals surface area contributed by atoms with Crippen LogP contribution in [0.4, 0.5) is 5.69 Å². The van der Waals surface area contributed by atoms with E-state index in [1.165, 1.54) is 0 Å². The van der Waals surface area contributed by atoms with Crippen molar-refractivity contribution in [1.82, 2.24) is 0 Å². The molecule has 0 saturated heterocycles. The van der Waals surface area contributed by atoms with Gasteiger partial charge in [0.15, 0.2) is 5.78 Å². The van der Waals surface area contributed by atoms with Gasteiger partial charge in [0.1, 0.15) is 0 Å². The summed E-state index contributed by atoms with van der Waals surface area (Å²) in [6.45, 7) is 5.96. The van der Waals surface area contributed by atoms with Gasteiger partial charge >= 0.3 is 0 Å². The van der Waals surface area contributed by atoms with E-state index < -0.39 is 0 Å². The summed E-state index contributed by atoms with van der Waals surface area (Å²) >= 11 is 5.86. The third kappa shape index (κ3) is 4.11. The first kappa shape index (κ1) is 16.6. The Labute approximate surface area is 137 Å². The third-order valence-corrected chi connectivity index (χ3v) is 3.83. The average Bonchev–Trinajstić information content (AvgIpc) is 2.55. The van der Waals surface area contributed by atoms with Crippen molar-refractivity contribution in [1.29, 1.82) is 0 Å². The largest absolute Gasteiger partial charge is 0.370 e. The summed E-state index contributed by atoms with van der Waals surface area (Å²) in [7, 11) is 0. The van der Waals surface area contributed by atoms with Crippen molar-refractivity contribution in [2.45, 2.75) is 20.3 Å². The maximum absolute atomic E-state index is 12.5. The predicted octanol–water partition coefficient (Wildman–Crippen LogP) is 4.68. The van der Waals surface area contributed by atoms with Gasteiger partial charge in [-0.1, -0.05) is 36.8 Å². The van der Waals surface area contributed by atoms with Crippen LogP contribution in [0.25, 0.3) is 0 Å². The highest BCUT2D eigenvalue weighted by Gasteiger charge is 2.10. The molecule has 0 atom stereocenters. The van der Waals surface area contributed by atoms with Crippen LogP contribution >= 0.6 is 11.6 Å². The van der Waals surface area contributed by atoms with Crippen molar-refractivity contribution in [3.63, 3.8) is 0 Å². The van der Waals surface area contributed by atoms with Gasteiger partial charge in [-0.25, -0.2) is 0 Å². The summed E-state index contributed by atoms with van der Waals surface area (Å²) in [5.41, 5.74) is 3.71. The molecule has 0 aromatic heterocycles. The molecule has 2 nitrogen and oxygen atoms in total. The fourth-order valence-corrected chi connectivity index (χ4v) is 2.64. The first-order valence-corrected chi connectivity index (χ1v) is 8.21. The van der Waals surface area contributed by atoms with Crippen LogP contribution in [0.15, 0.2) is 48.5 Å². The molecule has 0 heterocycles. The summed E-state index contributed by atoms with van der Waals surface area (Å²) in [4.78, 5) is 14.7. The number of aryl methyl sites for hydroxylation is 1. The van der Waals surface area contributed by atoms with Crippen LogP contribution in [-0.2, 0) is 0 Å². The molecule has 22 heavy (non-hydrogen) atoms. The predicted molar refractivity (Wildman–Crippen MR) is 94.3 cm³/mol. The second kappa shape index (κ2) is 8.00. The first-order valence-electron chi connectivity index (χ1n) is 7.68. The van der Waals surface area contributed by atoms with Crippen LogP contribution in [0.3, 0.4) is 0 Å². The Hall–Kier alpha value is -1.80. The maximum atomic E-state index is 12.5. The number of nitrogens with zero attached hydrogens (tertiary/aromatic N) is 1. The summed E-state index contributed by atoms with van der Waals surface area (Å²) in [6, 6.07) is 15.5. The fraction of sp³-hybridized carbons (Fsp3) is 0.316. The molecule has 2 aromatic carbocycles. The zero-order chi connectivity index (χ0) is 15.9. The maximum Gasteiger partial charge on any atom is 0.193 e. The van der Waals surface area contributed by atoms with Crippen LogP contribution in [0.2, 0.25) is 0 Å². The molecule has 3 heteroatoms. The van der Waals surface area contributed by atoms with Gasteiger partial charge in [-0.15, -0.1) is 11.6 Å². The lowest BCUT2D eigenvalue weighted by atomic mass is 10.0. The highest BCUT2D eigenvalue weighted by Crippen LogP contribution is 2.18. The number of rotatable bonds is 7. The zero-order valence-electron chi connectivity index (χ0n) is 13.2. The smallest absolute Gasteiger partial charge is 0.193 e. The quantitative estimate of drug-likeness (QED) is 0.546. The highest BCUT2D eigenvalue weighted by atomic mass is 35.5. The van der Waals surface area contributed by atoms with E-state index in [1.54, 1.807) is 0 Å². The molecule has 0 amide bonds. The number of alkyl halides is 1. The molecule has 0 saturated carbocycles. The van der Waals surface area contributed by atoms with E-state index in [4.69, 9.17) is 11.6 Å². The molecule has 0 bridgehead atoms. The normalized spacial score (nSPS) is 10.5. The molecule has 116 valence electrons.